The van der Waals surface area contributed by atoms with Gasteiger partial charge in [-0.15, -0.1) is 0 Å². The third kappa shape index (κ3) is 2.76. The molecule has 1 aromatic rings. The SMILES string of the molecule is C=C1C=CC=C(C2NCCc3[nH]ncc32)N1C=NC(C)CC. The van der Waals surface area contributed by atoms with Gasteiger partial charge in [-0.1, -0.05) is 19.6 Å². The molecule has 2 aliphatic rings. The zero-order chi connectivity index (χ0) is 15.5. The first-order valence-electron chi connectivity index (χ1n) is 7.86. The van der Waals surface area contributed by atoms with E-state index in [0.717, 1.165) is 30.8 Å². The standard InChI is InChI=1S/C17H23N5/c1-4-12(2)19-11-22-13(3)6-5-7-16(22)17-14-10-20-21-15(14)8-9-18-17/h5-7,10-12,17-18H,3-4,8-9H2,1-2H3,(H,20,21). The lowest BCUT2D eigenvalue weighted by Gasteiger charge is -2.34. The maximum atomic E-state index is 4.62. The van der Waals surface area contributed by atoms with E-state index in [1.54, 1.807) is 0 Å². The van der Waals surface area contributed by atoms with E-state index in [9.17, 15) is 0 Å². The van der Waals surface area contributed by atoms with Gasteiger partial charge < -0.3 is 10.2 Å². The smallest absolute Gasteiger partial charge is 0.0941 e. The van der Waals surface area contributed by atoms with Crippen LogP contribution in [0.2, 0.25) is 0 Å². The van der Waals surface area contributed by atoms with E-state index < -0.39 is 0 Å². The summed E-state index contributed by atoms with van der Waals surface area (Å²) in [7, 11) is 0. The lowest BCUT2D eigenvalue weighted by atomic mass is 9.96. The molecule has 0 saturated carbocycles. The van der Waals surface area contributed by atoms with Crippen LogP contribution in [0.25, 0.3) is 0 Å². The molecule has 2 atom stereocenters. The fourth-order valence-corrected chi connectivity index (χ4v) is 2.73. The number of hydrogen-bond donors (Lipinski definition) is 2. The van der Waals surface area contributed by atoms with Gasteiger partial charge in [0.2, 0.25) is 0 Å². The largest absolute Gasteiger partial charge is 0.305 e. The number of nitrogens with zero attached hydrogens (tertiary/aromatic N) is 3. The van der Waals surface area contributed by atoms with E-state index in [2.05, 4.69) is 51.9 Å². The van der Waals surface area contributed by atoms with Crippen molar-refractivity contribution in [3.8, 4) is 0 Å². The number of aromatic amines is 1. The summed E-state index contributed by atoms with van der Waals surface area (Å²) < 4.78 is 0. The molecule has 22 heavy (non-hydrogen) atoms. The molecule has 116 valence electrons. The molecule has 2 N–H and O–H groups in total. The van der Waals surface area contributed by atoms with Gasteiger partial charge in [0.05, 0.1) is 18.6 Å². The predicted octanol–water partition coefficient (Wildman–Crippen LogP) is 2.69. The molecule has 0 aromatic carbocycles. The number of fused-ring (bicyclic) bond motifs is 1. The number of rotatable bonds is 4. The topological polar surface area (TPSA) is 56.3 Å². The van der Waals surface area contributed by atoms with E-state index in [-0.39, 0.29) is 6.04 Å². The first kappa shape index (κ1) is 14.8. The second kappa shape index (κ2) is 6.32. The molecule has 5 heteroatoms. The van der Waals surface area contributed by atoms with Crippen LogP contribution in [-0.4, -0.2) is 34.0 Å². The van der Waals surface area contributed by atoms with Crippen LogP contribution in [0.4, 0.5) is 0 Å². The van der Waals surface area contributed by atoms with Crippen molar-refractivity contribution in [3.05, 3.63) is 53.7 Å². The highest BCUT2D eigenvalue weighted by molar-refractivity contribution is 5.65. The van der Waals surface area contributed by atoms with Gasteiger partial charge in [0.1, 0.15) is 0 Å². The highest BCUT2D eigenvalue weighted by Gasteiger charge is 2.28. The van der Waals surface area contributed by atoms with Crippen molar-refractivity contribution in [1.29, 1.82) is 0 Å². The minimum Gasteiger partial charge on any atom is -0.305 e. The van der Waals surface area contributed by atoms with Gasteiger partial charge in [-0.3, -0.25) is 10.1 Å². The summed E-state index contributed by atoms with van der Waals surface area (Å²) in [5.41, 5.74) is 4.50. The Bertz CT molecular complexity index is 637. The third-order valence-corrected chi connectivity index (χ3v) is 4.25. The van der Waals surface area contributed by atoms with Gasteiger partial charge in [0.15, 0.2) is 0 Å². The van der Waals surface area contributed by atoms with Crippen molar-refractivity contribution in [2.45, 2.75) is 38.8 Å². The number of H-pyrrole nitrogens is 1. The van der Waals surface area contributed by atoms with Gasteiger partial charge >= 0.3 is 0 Å². The monoisotopic (exact) mass is 297 g/mol. The van der Waals surface area contributed by atoms with E-state index in [1.807, 2.05) is 24.7 Å². The van der Waals surface area contributed by atoms with Gasteiger partial charge in [0.25, 0.3) is 0 Å². The van der Waals surface area contributed by atoms with Crippen molar-refractivity contribution >= 4 is 6.34 Å². The van der Waals surface area contributed by atoms with Crippen LogP contribution >= 0.6 is 0 Å². The maximum absolute atomic E-state index is 4.62. The summed E-state index contributed by atoms with van der Waals surface area (Å²) in [5.74, 6) is 0. The summed E-state index contributed by atoms with van der Waals surface area (Å²) in [6.07, 6.45) is 12.0. The first-order valence-corrected chi connectivity index (χ1v) is 7.86. The van der Waals surface area contributed by atoms with E-state index in [0.29, 0.717) is 6.04 Å². The molecular formula is C17H23N5. The molecule has 0 bridgehead atoms. The molecule has 0 amide bonds. The first-order chi connectivity index (χ1) is 10.7. The third-order valence-electron chi connectivity index (χ3n) is 4.25. The maximum Gasteiger partial charge on any atom is 0.0941 e. The van der Waals surface area contributed by atoms with Crippen LogP contribution in [0.3, 0.4) is 0 Å². The van der Waals surface area contributed by atoms with Gasteiger partial charge in [-0.05, 0) is 25.5 Å². The molecule has 1 aromatic heterocycles. The normalized spacial score (nSPS) is 22.8. The minimum atomic E-state index is 0.118. The van der Waals surface area contributed by atoms with Crippen LogP contribution in [0.5, 0.6) is 0 Å². The van der Waals surface area contributed by atoms with E-state index in [1.165, 1.54) is 11.3 Å². The van der Waals surface area contributed by atoms with Crippen LogP contribution in [0.15, 0.2) is 47.4 Å². The predicted molar refractivity (Wildman–Crippen MR) is 89.5 cm³/mol. The van der Waals surface area contributed by atoms with Gasteiger partial charge in [-0.25, -0.2) is 0 Å². The van der Waals surface area contributed by atoms with Crippen LogP contribution in [0.1, 0.15) is 37.6 Å². The van der Waals surface area contributed by atoms with Crippen LogP contribution in [-0.2, 0) is 6.42 Å². The highest BCUT2D eigenvalue weighted by atomic mass is 15.2. The van der Waals surface area contributed by atoms with Crippen molar-refractivity contribution in [3.63, 3.8) is 0 Å². The lowest BCUT2D eigenvalue weighted by molar-refractivity contribution is 0.478. The summed E-state index contributed by atoms with van der Waals surface area (Å²) >= 11 is 0. The molecule has 0 spiro atoms. The average Bonchev–Trinajstić information content (AvgIpc) is 3.01. The summed E-state index contributed by atoms with van der Waals surface area (Å²) in [6.45, 7) is 9.34. The Balaban J connectivity index is 1.91. The lowest BCUT2D eigenvalue weighted by Crippen LogP contribution is -2.37. The van der Waals surface area contributed by atoms with Crippen molar-refractivity contribution < 1.29 is 0 Å². The van der Waals surface area contributed by atoms with Crippen LogP contribution < -0.4 is 5.32 Å². The molecule has 2 aliphatic heterocycles. The van der Waals surface area contributed by atoms with Crippen molar-refractivity contribution in [2.24, 2.45) is 4.99 Å². The molecule has 3 heterocycles. The van der Waals surface area contributed by atoms with Gasteiger partial charge in [0, 0.05) is 41.7 Å². The Labute approximate surface area is 131 Å². The summed E-state index contributed by atoms with van der Waals surface area (Å²) in [5, 5.41) is 10.9. The zero-order valence-corrected chi connectivity index (χ0v) is 13.2. The van der Waals surface area contributed by atoms with Gasteiger partial charge in [-0.2, -0.15) is 5.10 Å². The Morgan fingerprint density at radius 2 is 2.45 bits per heavy atom. The number of nitrogens with one attached hydrogen (secondary N) is 2. The zero-order valence-electron chi connectivity index (χ0n) is 13.2. The second-order valence-corrected chi connectivity index (χ2v) is 5.77. The van der Waals surface area contributed by atoms with E-state index in [4.69, 9.17) is 0 Å². The fraction of sp³-hybridized carbons (Fsp3) is 0.412. The number of allylic oxidation sites excluding steroid dienone is 3. The number of aromatic nitrogens is 2. The number of aliphatic imine (C=N–C) groups is 1. The Kier molecular flexibility index (Phi) is 4.24. The van der Waals surface area contributed by atoms with Crippen molar-refractivity contribution in [2.75, 3.05) is 6.54 Å². The molecule has 0 saturated heterocycles. The molecule has 0 fully saturated rings. The summed E-state index contributed by atoms with van der Waals surface area (Å²) in [4.78, 5) is 6.69. The molecule has 5 nitrogen and oxygen atoms in total. The molecule has 0 radical (unpaired) electrons. The number of hydrogen-bond acceptors (Lipinski definition) is 3. The van der Waals surface area contributed by atoms with Crippen molar-refractivity contribution in [1.82, 2.24) is 20.4 Å². The quantitative estimate of drug-likeness (QED) is 0.663. The second-order valence-electron chi connectivity index (χ2n) is 5.77. The Morgan fingerprint density at radius 3 is 3.27 bits per heavy atom. The summed E-state index contributed by atoms with van der Waals surface area (Å²) in [6, 6.07) is 0.427. The van der Waals surface area contributed by atoms with Crippen LogP contribution in [0, 0.1) is 0 Å². The fourth-order valence-electron chi connectivity index (χ4n) is 2.73. The van der Waals surface area contributed by atoms with E-state index >= 15 is 0 Å². The average molecular weight is 297 g/mol. The highest BCUT2D eigenvalue weighted by Crippen LogP contribution is 2.32. The minimum absolute atomic E-state index is 0.118. The Hall–Kier alpha value is -2.14. The molecular weight excluding hydrogens is 274 g/mol. The molecule has 3 rings (SSSR count). The molecule has 0 aliphatic carbocycles. The molecule has 2 unspecified atom stereocenters. The Morgan fingerprint density at radius 1 is 1.59 bits per heavy atom.